The van der Waals surface area contributed by atoms with E-state index in [2.05, 4.69) is 128 Å². The molecule has 16 fully saturated rings. The van der Waals surface area contributed by atoms with E-state index in [0.717, 1.165) is 35.2 Å². The van der Waals surface area contributed by atoms with Gasteiger partial charge in [-0.2, -0.15) is 0 Å². The summed E-state index contributed by atoms with van der Waals surface area (Å²) in [4.78, 5) is 24.0. The molecule has 93 heavy (non-hydrogen) atoms. The van der Waals surface area contributed by atoms with Gasteiger partial charge in [0.25, 0.3) is 0 Å². The number of ether oxygens (including phenoxy) is 2. The van der Waals surface area contributed by atoms with Crippen molar-refractivity contribution in [1.82, 2.24) is 0 Å². The van der Waals surface area contributed by atoms with Crippen LogP contribution in [0.15, 0.2) is 121 Å². The molecule has 0 heterocycles. The van der Waals surface area contributed by atoms with Crippen molar-refractivity contribution in [3.8, 4) is 34.1 Å². The van der Waals surface area contributed by atoms with Crippen LogP contribution < -0.4 is 9.47 Å². The van der Waals surface area contributed by atoms with E-state index in [1.807, 2.05) is 0 Å². The van der Waals surface area contributed by atoms with Crippen LogP contribution in [0, 0.1) is 67.0 Å². The molecule has 6 aromatic rings. The number of benzene rings is 6. The third kappa shape index (κ3) is 8.54. The van der Waals surface area contributed by atoms with E-state index < -0.39 is 17.4 Å². The highest BCUT2D eigenvalue weighted by molar-refractivity contribution is 5.90. The van der Waals surface area contributed by atoms with Crippen LogP contribution in [0.1, 0.15) is 275 Å². The summed E-state index contributed by atoms with van der Waals surface area (Å²) in [6, 6.07) is 43.9. The zero-order valence-corrected chi connectivity index (χ0v) is 56.9. The van der Waals surface area contributed by atoms with Gasteiger partial charge in [0.05, 0.1) is 16.5 Å². The van der Waals surface area contributed by atoms with Crippen LogP contribution >= 0.6 is 0 Å². The minimum Gasteiger partial charge on any atom is -0.478 e. The molecule has 16 bridgehead atoms. The molecular weight excluding hydrogens is 1140 g/mol. The lowest BCUT2D eigenvalue weighted by atomic mass is 9.36. The average molecular weight is 1240 g/mol. The smallest absolute Gasteiger partial charge is 0.335 e. The molecule has 0 radical (unpaired) electrons. The molecular formula is C87H98O6. The lowest BCUT2D eigenvalue weighted by Gasteiger charge is -2.68. The normalized spacial score (nSPS) is 42.4. The minimum atomic E-state index is -0.950. The van der Waals surface area contributed by atoms with Gasteiger partial charge in [0.15, 0.2) is 0 Å². The second-order valence-electron chi connectivity index (χ2n) is 39.2. The summed E-state index contributed by atoms with van der Waals surface area (Å²) in [6.45, 7) is 21.7. The SMILES string of the molecule is CC12CC3CC(C)(C1)CC(c1cc4c(cc1C15CC6CC(C)(CC(C)(C6)C1)C5)C(c1ccc(Oc5ccc(C(=O)O)cc5)cc1)(c1ccc(Oc5ccc(C(=O)O)cc5)cc1)c1cc(C56CC7CC(C)(CC(C)(C7)C5)C6)c(C56CC7CC(C)(CC(C)(C7)C5)C6)cc1-4)(C3)C2. The molecule has 8 atom stereocenters. The van der Waals surface area contributed by atoms with Crippen molar-refractivity contribution in [3.05, 3.63) is 177 Å². The maximum absolute atomic E-state index is 12.0. The molecule has 6 nitrogen and oxygen atoms in total. The van der Waals surface area contributed by atoms with E-state index in [4.69, 9.17) is 9.47 Å². The molecule has 0 spiro atoms. The van der Waals surface area contributed by atoms with Crippen LogP contribution in [0.3, 0.4) is 0 Å². The lowest BCUT2D eigenvalue weighted by molar-refractivity contribution is -0.118. The Kier molecular flexibility index (Phi) is 11.5. The molecule has 17 aliphatic carbocycles. The Balaban J connectivity index is 0.909. The largest absolute Gasteiger partial charge is 0.478 e. The minimum absolute atomic E-state index is 0.0746. The summed E-state index contributed by atoms with van der Waals surface area (Å²) in [5.74, 6) is 3.76. The molecule has 17 aliphatic rings. The van der Waals surface area contributed by atoms with Crippen molar-refractivity contribution in [2.24, 2.45) is 67.0 Å². The highest BCUT2D eigenvalue weighted by Crippen LogP contribution is 2.78. The standard InChI is InChI=1S/C87H98O6/c1-75-29-53-30-76(2,41-75)46-83(37-53,45-75)69-25-65-66-26-70(84-38-54-31-77(3,47-84)42-78(4,32-54)48-84)72(86-40-56-35-81(7,51-86)44-82(8,36-56)52-86)28-68(66)87(59-13-21-63(22-14-59)92-61-17-9-57(10-18-61)73(88)89,60-15-23-64(24-16-60)93-62-19-11-58(12-20-62)74(90)91)67(65)27-71(69)85-39-55-33-79(5,49-85)43-80(6,34-55)50-85/h9-28,53-56H,29-52H2,1-8H3,(H,88,89)(H,90,91). The molecule has 0 amide bonds. The van der Waals surface area contributed by atoms with Crippen LogP contribution in [0.25, 0.3) is 11.1 Å². The number of carboxylic acids is 2. The number of hydrogen-bond acceptors (Lipinski definition) is 4. The van der Waals surface area contributed by atoms with E-state index in [1.165, 1.54) is 187 Å². The van der Waals surface area contributed by atoms with Crippen molar-refractivity contribution in [1.29, 1.82) is 0 Å². The highest BCUT2D eigenvalue weighted by Gasteiger charge is 2.68. The van der Waals surface area contributed by atoms with E-state index in [0.29, 0.717) is 54.8 Å². The molecule has 23 rings (SSSR count). The molecule has 0 aromatic heterocycles. The first kappa shape index (κ1) is 58.2. The first-order valence-corrected chi connectivity index (χ1v) is 36.6. The summed E-state index contributed by atoms with van der Waals surface area (Å²) >= 11 is 0. The Labute approximate surface area is 552 Å². The van der Waals surface area contributed by atoms with Gasteiger partial charge in [-0.1, -0.05) is 91.8 Å². The van der Waals surface area contributed by atoms with Crippen LogP contribution in [-0.2, 0) is 27.1 Å². The van der Waals surface area contributed by atoms with E-state index in [9.17, 15) is 19.8 Å². The number of hydrogen-bond donors (Lipinski definition) is 2. The van der Waals surface area contributed by atoms with Crippen LogP contribution in [0.4, 0.5) is 0 Å². The number of fused-ring (bicyclic) bond motifs is 3. The second-order valence-corrected chi connectivity index (χ2v) is 39.2. The monoisotopic (exact) mass is 1240 g/mol. The quantitative estimate of drug-likeness (QED) is 0.127. The lowest BCUT2D eigenvalue weighted by Crippen LogP contribution is -2.59. The molecule has 6 heteroatoms. The molecule has 16 saturated carbocycles. The van der Waals surface area contributed by atoms with E-state index >= 15 is 0 Å². The highest BCUT2D eigenvalue weighted by atomic mass is 16.5. The molecule has 8 unspecified atom stereocenters. The Hall–Kier alpha value is -6.14. The first-order chi connectivity index (χ1) is 44.0. The predicted molar refractivity (Wildman–Crippen MR) is 367 cm³/mol. The zero-order chi connectivity index (χ0) is 63.7. The van der Waals surface area contributed by atoms with Gasteiger partial charge in [0.2, 0.25) is 0 Å². The Morgan fingerprint density at radius 2 is 0.527 bits per heavy atom. The summed E-state index contributed by atoms with van der Waals surface area (Å²) in [5.41, 5.74) is 18.1. The Morgan fingerprint density at radius 1 is 0.301 bits per heavy atom. The third-order valence-electron chi connectivity index (χ3n) is 29.5. The van der Waals surface area contributed by atoms with Crippen molar-refractivity contribution in [2.75, 3.05) is 0 Å². The Bertz CT molecular complexity index is 3860. The fourth-order valence-corrected chi connectivity index (χ4v) is 31.1. The van der Waals surface area contributed by atoms with Gasteiger partial charge in [-0.15, -0.1) is 0 Å². The van der Waals surface area contributed by atoms with Gasteiger partial charge in [-0.25, -0.2) is 9.59 Å². The molecule has 6 aromatic carbocycles. The number of rotatable bonds is 12. The van der Waals surface area contributed by atoms with Crippen molar-refractivity contribution >= 4 is 11.9 Å². The van der Waals surface area contributed by atoms with Crippen LogP contribution in [0.2, 0.25) is 0 Å². The summed E-state index contributed by atoms with van der Waals surface area (Å²) < 4.78 is 13.4. The maximum Gasteiger partial charge on any atom is 0.335 e. The molecule has 0 saturated heterocycles. The maximum atomic E-state index is 12.0. The second kappa shape index (κ2) is 18.3. The number of carbonyl (C=O) groups is 2. The van der Waals surface area contributed by atoms with Gasteiger partial charge in [0.1, 0.15) is 23.0 Å². The number of aromatic carboxylic acids is 2. The van der Waals surface area contributed by atoms with Gasteiger partial charge >= 0.3 is 11.9 Å². The molecule has 0 aliphatic heterocycles. The zero-order valence-electron chi connectivity index (χ0n) is 56.9. The first-order valence-electron chi connectivity index (χ1n) is 36.6. The summed E-state index contributed by atoms with van der Waals surface area (Å²) in [7, 11) is 0. The van der Waals surface area contributed by atoms with Crippen molar-refractivity contribution < 1.29 is 29.3 Å². The van der Waals surface area contributed by atoms with E-state index in [-0.39, 0.29) is 32.8 Å². The average Bonchev–Trinajstić information content (AvgIpc) is 1.65. The summed E-state index contributed by atoms with van der Waals surface area (Å²) in [6.07, 6.45) is 32.0. The van der Waals surface area contributed by atoms with E-state index in [1.54, 1.807) is 70.8 Å². The fraction of sp³-hybridized carbons (Fsp3) is 0.563. The molecule has 482 valence electrons. The van der Waals surface area contributed by atoms with Gasteiger partial charge in [-0.3, -0.25) is 0 Å². The van der Waals surface area contributed by atoms with Crippen LogP contribution in [-0.4, -0.2) is 22.2 Å². The van der Waals surface area contributed by atoms with Crippen molar-refractivity contribution in [3.63, 3.8) is 0 Å². The van der Waals surface area contributed by atoms with Gasteiger partial charge in [-0.05, 0) is 383 Å². The predicted octanol–water partition coefficient (Wildman–Crippen LogP) is 22.0. The molecule has 2 N–H and O–H groups in total. The fourth-order valence-electron chi connectivity index (χ4n) is 31.1. The third-order valence-corrected chi connectivity index (χ3v) is 29.5. The Morgan fingerprint density at radius 3 is 0.753 bits per heavy atom. The van der Waals surface area contributed by atoms with Gasteiger partial charge in [0, 0.05) is 0 Å². The topological polar surface area (TPSA) is 93.1 Å². The summed E-state index contributed by atoms with van der Waals surface area (Å²) in [5, 5.41) is 19.7. The number of carboxylic acid groups (broad SMARTS) is 2. The van der Waals surface area contributed by atoms with Gasteiger partial charge < -0.3 is 19.7 Å². The van der Waals surface area contributed by atoms with Crippen molar-refractivity contribution in [2.45, 2.75) is 237 Å². The van der Waals surface area contributed by atoms with Crippen LogP contribution in [0.5, 0.6) is 23.0 Å².